The van der Waals surface area contributed by atoms with Gasteiger partial charge in [0.05, 0.1) is 12.1 Å². The summed E-state index contributed by atoms with van der Waals surface area (Å²) in [7, 11) is -1.24. The molecular weight excluding hydrogens is 469 g/mol. The van der Waals surface area contributed by atoms with Gasteiger partial charge in [-0.2, -0.15) is 0 Å². The van der Waals surface area contributed by atoms with E-state index in [1.165, 1.54) is 18.6 Å². The minimum atomic E-state index is -1.62. The van der Waals surface area contributed by atoms with E-state index in [1.54, 1.807) is 0 Å². The molecule has 1 aliphatic heterocycles. The van der Waals surface area contributed by atoms with Gasteiger partial charge in [0.25, 0.3) is 5.91 Å². The molecular formula is C23H28BN5O7. The van der Waals surface area contributed by atoms with Gasteiger partial charge in [0.2, 0.25) is 5.91 Å². The highest BCUT2D eigenvalue weighted by Crippen LogP contribution is 2.20. The van der Waals surface area contributed by atoms with Crippen molar-refractivity contribution in [3.05, 3.63) is 60.2 Å². The lowest BCUT2D eigenvalue weighted by atomic mass is 9.74. The molecule has 4 atom stereocenters. The third-order valence-electron chi connectivity index (χ3n) is 5.44. The van der Waals surface area contributed by atoms with Crippen LogP contribution in [-0.4, -0.2) is 70.1 Å². The number of carboxylic acid groups (broad SMARTS) is 1. The molecule has 0 unspecified atom stereocenters. The summed E-state index contributed by atoms with van der Waals surface area (Å²) in [5.41, 5.74) is 6.39. The second kappa shape index (κ2) is 12.2. The van der Waals surface area contributed by atoms with E-state index in [0.717, 1.165) is 5.56 Å². The summed E-state index contributed by atoms with van der Waals surface area (Å²) in [4.78, 5) is 57.4. The van der Waals surface area contributed by atoms with Crippen LogP contribution >= 0.6 is 0 Å². The van der Waals surface area contributed by atoms with E-state index in [0.29, 0.717) is 6.42 Å². The fourth-order valence-corrected chi connectivity index (χ4v) is 3.68. The molecule has 0 saturated carbocycles. The Morgan fingerprint density at radius 2 is 1.89 bits per heavy atom. The number of carbonyl (C=O) groups excluding carboxylic acids is 3. The third-order valence-corrected chi connectivity index (χ3v) is 5.44. The number of carbonyl (C=O) groups is 4. The zero-order valence-electron chi connectivity index (χ0n) is 19.9. The first-order valence-electron chi connectivity index (χ1n) is 11.4. The average molecular weight is 497 g/mol. The number of nitrogens with zero attached hydrogens (tertiary/aromatic N) is 2. The lowest BCUT2D eigenvalue weighted by molar-refractivity contribution is -0.146. The van der Waals surface area contributed by atoms with Crippen molar-refractivity contribution in [2.24, 2.45) is 11.7 Å². The fraction of sp³-hybridized carbons (Fsp3) is 0.391. The molecule has 12 nitrogen and oxygen atoms in total. The summed E-state index contributed by atoms with van der Waals surface area (Å²) in [6.07, 6.45) is 3.08. The monoisotopic (exact) mass is 497 g/mol. The summed E-state index contributed by atoms with van der Waals surface area (Å²) < 4.78 is 10.7. The normalized spacial score (nSPS) is 17.7. The van der Waals surface area contributed by atoms with Crippen LogP contribution in [0.25, 0.3) is 0 Å². The van der Waals surface area contributed by atoms with Gasteiger partial charge >= 0.3 is 19.1 Å². The van der Waals surface area contributed by atoms with Crippen molar-refractivity contribution >= 4 is 30.9 Å². The first-order chi connectivity index (χ1) is 17.2. The second-order valence-electron chi connectivity index (χ2n) is 8.78. The average Bonchev–Trinajstić information content (AvgIpc) is 3.24. The number of hydrogen-bond acceptors (Lipinski definition) is 9. The Morgan fingerprint density at radius 3 is 2.50 bits per heavy atom. The molecule has 2 heterocycles. The molecule has 5 N–H and O–H groups in total. The maximum Gasteiger partial charge on any atom is 0.552 e. The van der Waals surface area contributed by atoms with Crippen LogP contribution < -0.4 is 16.4 Å². The predicted octanol–water partition coefficient (Wildman–Crippen LogP) is -0.270. The highest BCUT2D eigenvalue weighted by atomic mass is 16.7. The van der Waals surface area contributed by atoms with Crippen LogP contribution in [0.5, 0.6) is 0 Å². The maximum atomic E-state index is 13.4. The molecule has 0 bridgehead atoms. The van der Waals surface area contributed by atoms with Crippen molar-refractivity contribution in [2.45, 2.75) is 50.8 Å². The van der Waals surface area contributed by atoms with Crippen molar-refractivity contribution in [3.8, 4) is 0 Å². The second-order valence-corrected chi connectivity index (χ2v) is 8.78. The van der Waals surface area contributed by atoms with Crippen LogP contribution in [0.1, 0.15) is 36.3 Å². The van der Waals surface area contributed by atoms with Crippen molar-refractivity contribution in [1.82, 2.24) is 20.6 Å². The number of nitrogens with one attached hydrogen (secondary N) is 2. The molecule has 0 spiro atoms. The Kier molecular flexibility index (Phi) is 9.09. The summed E-state index contributed by atoms with van der Waals surface area (Å²) >= 11 is 0. The van der Waals surface area contributed by atoms with Crippen LogP contribution in [-0.2, 0) is 30.1 Å². The third kappa shape index (κ3) is 7.09. The molecule has 13 heteroatoms. The van der Waals surface area contributed by atoms with Crippen molar-refractivity contribution in [2.75, 3.05) is 0 Å². The lowest BCUT2D eigenvalue weighted by Gasteiger charge is -2.25. The van der Waals surface area contributed by atoms with E-state index in [1.807, 2.05) is 44.2 Å². The SMILES string of the molecule is CC(C)C[C@H](NC(=O)[C@H](Cc1ccccc1)NC(=O)c1cnccn1)B1OC(=O)[C@@H]([C@@H](N)C(=O)O)O1. The number of nitrogens with two attached hydrogens (primary N) is 1. The van der Waals surface area contributed by atoms with Gasteiger partial charge in [-0.15, -0.1) is 0 Å². The standard InChI is InChI=1S/C23H28BN5O7/c1-13(2)10-17(24-35-19(23(34)36-24)18(25)22(32)33)29-20(30)15(11-14-6-4-3-5-7-14)28-21(31)16-12-26-8-9-27-16/h3-9,12-13,15,17-19H,10-11,25H2,1-2H3,(H,28,31)(H,29,30)(H,32,33)/t15-,17-,18+,19+/m0/s1. The van der Waals surface area contributed by atoms with Gasteiger partial charge in [-0.05, 0) is 17.9 Å². The van der Waals surface area contributed by atoms with Crippen molar-refractivity contribution in [1.29, 1.82) is 0 Å². The number of aliphatic carboxylic acids is 1. The van der Waals surface area contributed by atoms with Gasteiger partial charge in [-0.1, -0.05) is 44.2 Å². The Morgan fingerprint density at radius 1 is 1.17 bits per heavy atom. The number of carboxylic acids is 1. The maximum absolute atomic E-state index is 13.4. The Balaban J connectivity index is 1.79. The van der Waals surface area contributed by atoms with Gasteiger partial charge < -0.3 is 30.8 Å². The lowest BCUT2D eigenvalue weighted by Crippen LogP contribution is -2.55. The molecule has 0 aliphatic carbocycles. The number of aromatic nitrogens is 2. The summed E-state index contributed by atoms with van der Waals surface area (Å²) in [6, 6.07) is 6.47. The van der Waals surface area contributed by atoms with Gasteiger partial charge in [-0.3, -0.25) is 24.2 Å². The molecule has 0 radical (unpaired) electrons. The Labute approximate surface area is 208 Å². The first kappa shape index (κ1) is 26.8. The van der Waals surface area contributed by atoms with Crippen LogP contribution in [0, 0.1) is 5.92 Å². The van der Waals surface area contributed by atoms with Crippen LogP contribution in [0.4, 0.5) is 0 Å². The van der Waals surface area contributed by atoms with E-state index in [2.05, 4.69) is 20.6 Å². The van der Waals surface area contributed by atoms with Crippen LogP contribution in [0.2, 0.25) is 0 Å². The summed E-state index contributed by atoms with van der Waals surface area (Å²) in [5.74, 6) is -4.25. The van der Waals surface area contributed by atoms with E-state index in [4.69, 9.17) is 20.1 Å². The van der Waals surface area contributed by atoms with Crippen LogP contribution in [0.3, 0.4) is 0 Å². The van der Waals surface area contributed by atoms with Gasteiger partial charge in [0.1, 0.15) is 17.8 Å². The minimum Gasteiger partial charge on any atom is -0.506 e. The quantitative estimate of drug-likeness (QED) is 0.302. The summed E-state index contributed by atoms with van der Waals surface area (Å²) in [5, 5.41) is 14.6. The fourth-order valence-electron chi connectivity index (χ4n) is 3.68. The molecule has 1 saturated heterocycles. The molecule has 2 amide bonds. The number of amides is 2. The number of benzene rings is 1. The molecule has 3 rings (SSSR count). The van der Waals surface area contributed by atoms with Gasteiger partial charge in [0, 0.05) is 18.8 Å². The zero-order chi connectivity index (χ0) is 26.2. The predicted molar refractivity (Wildman–Crippen MR) is 127 cm³/mol. The van der Waals surface area contributed by atoms with Crippen LogP contribution in [0.15, 0.2) is 48.9 Å². The van der Waals surface area contributed by atoms with E-state index < -0.39 is 55.0 Å². The zero-order valence-corrected chi connectivity index (χ0v) is 19.9. The van der Waals surface area contributed by atoms with Gasteiger partial charge in [-0.25, -0.2) is 4.98 Å². The molecule has 1 aromatic carbocycles. The highest BCUT2D eigenvalue weighted by molar-refractivity contribution is 6.51. The smallest absolute Gasteiger partial charge is 0.506 e. The molecule has 1 aromatic heterocycles. The summed E-state index contributed by atoms with van der Waals surface area (Å²) in [6.45, 7) is 3.79. The molecule has 2 aromatic rings. The van der Waals surface area contributed by atoms with E-state index >= 15 is 0 Å². The minimum absolute atomic E-state index is 0.0423. The Bertz CT molecular complexity index is 1070. The molecule has 1 fully saturated rings. The molecule has 36 heavy (non-hydrogen) atoms. The van der Waals surface area contributed by atoms with E-state index in [-0.39, 0.29) is 18.0 Å². The van der Waals surface area contributed by atoms with Crippen molar-refractivity contribution in [3.63, 3.8) is 0 Å². The molecule has 1 aliphatic rings. The first-order valence-corrected chi connectivity index (χ1v) is 11.4. The number of hydrogen-bond donors (Lipinski definition) is 4. The topological polar surface area (TPSA) is 183 Å². The number of rotatable bonds is 11. The largest absolute Gasteiger partial charge is 0.552 e. The molecule has 190 valence electrons. The van der Waals surface area contributed by atoms with Crippen molar-refractivity contribution < 1.29 is 33.6 Å². The van der Waals surface area contributed by atoms with Gasteiger partial charge in [0.15, 0.2) is 6.10 Å². The van der Waals surface area contributed by atoms with E-state index in [9.17, 15) is 19.2 Å². The Hall–Kier alpha value is -3.84. The highest BCUT2D eigenvalue weighted by Gasteiger charge is 2.50.